The molecular formula is C23H29N3O4. The highest BCUT2D eigenvalue weighted by Gasteiger charge is 2.31. The lowest BCUT2D eigenvalue weighted by Gasteiger charge is -2.39. The number of carbonyl (C=O) groups is 3. The Hall–Kier alpha value is -2.67. The van der Waals surface area contributed by atoms with E-state index in [2.05, 4.69) is 13.8 Å². The van der Waals surface area contributed by atoms with Crippen molar-refractivity contribution in [1.29, 1.82) is 0 Å². The Morgan fingerprint density at radius 3 is 2.40 bits per heavy atom. The molecule has 7 nitrogen and oxygen atoms in total. The van der Waals surface area contributed by atoms with Gasteiger partial charge in [0.15, 0.2) is 0 Å². The van der Waals surface area contributed by atoms with Gasteiger partial charge in [-0.1, -0.05) is 18.2 Å². The molecule has 4 rings (SSSR count). The van der Waals surface area contributed by atoms with Crippen molar-refractivity contribution < 1.29 is 19.1 Å². The Labute approximate surface area is 176 Å². The van der Waals surface area contributed by atoms with Gasteiger partial charge in [0, 0.05) is 42.3 Å². The number of hydrogen-bond donors (Lipinski definition) is 0. The van der Waals surface area contributed by atoms with Crippen LogP contribution in [0.4, 0.5) is 0 Å². The Kier molecular flexibility index (Phi) is 5.90. The molecule has 1 aromatic heterocycles. The van der Waals surface area contributed by atoms with E-state index in [1.165, 1.54) is 0 Å². The molecule has 7 heteroatoms. The van der Waals surface area contributed by atoms with E-state index in [-0.39, 0.29) is 24.5 Å². The van der Waals surface area contributed by atoms with E-state index in [1.807, 2.05) is 33.7 Å². The fraction of sp³-hybridized carbons (Fsp3) is 0.522. The van der Waals surface area contributed by atoms with E-state index in [1.54, 1.807) is 11.1 Å². The number of carbonyl (C=O) groups excluding carboxylic acids is 3. The normalized spacial score (nSPS) is 22.3. The zero-order valence-corrected chi connectivity index (χ0v) is 17.7. The van der Waals surface area contributed by atoms with Crippen LogP contribution in [-0.4, -0.2) is 70.4 Å². The van der Waals surface area contributed by atoms with Crippen molar-refractivity contribution in [2.45, 2.75) is 51.7 Å². The molecule has 0 unspecified atom stereocenters. The Morgan fingerprint density at radius 1 is 1.03 bits per heavy atom. The second-order valence-electron chi connectivity index (χ2n) is 8.35. The summed E-state index contributed by atoms with van der Waals surface area (Å²) in [5.41, 5.74) is 1.15. The first kappa shape index (κ1) is 20.6. The van der Waals surface area contributed by atoms with E-state index in [4.69, 9.17) is 4.74 Å². The SMILES string of the molecule is C[C@@H]1CCC[C@@H](C)N1C(=O)Cn1cc(C(=O)C(=O)N2CCOCC2)c2ccccc21. The highest BCUT2D eigenvalue weighted by Crippen LogP contribution is 2.26. The number of aromatic nitrogens is 1. The van der Waals surface area contributed by atoms with Crippen LogP contribution in [0.2, 0.25) is 0 Å². The van der Waals surface area contributed by atoms with Crippen molar-refractivity contribution in [2.75, 3.05) is 26.3 Å². The van der Waals surface area contributed by atoms with Crippen molar-refractivity contribution in [3.05, 3.63) is 36.0 Å². The van der Waals surface area contributed by atoms with Crippen molar-refractivity contribution >= 4 is 28.5 Å². The zero-order valence-electron chi connectivity index (χ0n) is 17.7. The first-order valence-corrected chi connectivity index (χ1v) is 10.8. The average Bonchev–Trinajstić information content (AvgIpc) is 3.11. The van der Waals surface area contributed by atoms with Gasteiger partial charge in [-0.05, 0) is 39.2 Å². The summed E-state index contributed by atoms with van der Waals surface area (Å²) in [6.07, 6.45) is 4.84. The van der Waals surface area contributed by atoms with Crippen LogP contribution in [0.15, 0.2) is 30.5 Å². The summed E-state index contributed by atoms with van der Waals surface area (Å²) in [6.45, 7) is 6.09. The molecule has 2 atom stereocenters. The molecule has 30 heavy (non-hydrogen) atoms. The number of fused-ring (bicyclic) bond motifs is 1. The second kappa shape index (κ2) is 8.60. The number of ether oxygens (including phenoxy) is 1. The summed E-state index contributed by atoms with van der Waals surface area (Å²) < 4.78 is 7.09. The van der Waals surface area contributed by atoms with Gasteiger partial charge in [0.05, 0.1) is 18.8 Å². The van der Waals surface area contributed by atoms with Crippen molar-refractivity contribution in [3.8, 4) is 0 Å². The van der Waals surface area contributed by atoms with Gasteiger partial charge in [-0.15, -0.1) is 0 Å². The molecule has 2 amide bonds. The van der Waals surface area contributed by atoms with Gasteiger partial charge in [-0.3, -0.25) is 14.4 Å². The number of piperidine rings is 1. The first-order valence-electron chi connectivity index (χ1n) is 10.8. The van der Waals surface area contributed by atoms with E-state index >= 15 is 0 Å². The van der Waals surface area contributed by atoms with Crippen LogP contribution in [-0.2, 0) is 20.9 Å². The van der Waals surface area contributed by atoms with Gasteiger partial charge in [0.25, 0.3) is 11.7 Å². The zero-order chi connectivity index (χ0) is 21.3. The average molecular weight is 412 g/mol. The van der Waals surface area contributed by atoms with Gasteiger partial charge in [0.2, 0.25) is 5.91 Å². The van der Waals surface area contributed by atoms with Gasteiger partial charge < -0.3 is 19.1 Å². The molecule has 3 heterocycles. The molecule has 0 radical (unpaired) electrons. The monoisotopic (exact) mass is 411 g/mol. The van der Waals surface area contributed by atoms with Crippen LogP contribution >= 0.6 is 0 Å². The molecule has 0 spiro atoms. The number of hydrogen-bond acceptors (Lipinski definition) is 4. The van der Waals surface area contributed by atoms with E-state index in [0.29, 0.717) is 37.3 Å². The molecule has 0 bridgehead atoms. The quantitative estimate of drug-likeness (QED) is 0.572. The lowest BCUT2D eigenvalue weighted by atomic mass is 9.97. The lowest BCUT2D eigenvalue weighted by molar-refractivity contribution is -0.137. The summed E-state index contributed by atoms with van der Waals surface area (Å²) in [4.78, 5) is 42.4. The maximum absolute atomic E-state index is 13.1. The number of nitrogens with zero attached hydrogens (tertiary/aromatic N) is 3. The molecule has 2 aliphatic rings. The molecule has 0 aliphatic carbocycles. The minimum absolute atomic E-state index is 0.0500. The number of para-hydroxylation sites is 1. The third-order valence-electron chi connectivity index (χ3n) is 6.31. The number of Topliss-reactive ketones (excluding diaryl/α,β-unsaturated/α-hetero) is 1. The van der Waals surface area contributed by atoms with Crippen molar-refractivity contribution in [2.24, 2.45) is 0 Å². The molecule has 2 aromatic rings. The lowest BCUT2D eigenvalue weighted by Crippen LogP contribution is -2.48. The first-order chi connectivity index (χ1) is 14.5. The standard InChI is InChI=1S/C23H29N3O4/c1-16-6-5-7-17(2)26(16)21(27)15-25-14-19(18-8-3-4-9-20(18)25)22(28)23(29)24-10-12-30-13-11-24/h3-4,8-9,14,16-17H,5-7,10-13,15H2,1-2H3/t16-,17-/m1/s1. The summed E-state index contributed by atoms with van der Waals surface area (Å²) in [7, 11) is 0. The van der Waals surface area contributed by atoms with Crippen LogP contribution in [0, 0.1) is 0 Å². The van der Waals surface area contributed by atoms with E-state index in [9.17, 15) is 14.4 Å². The summed E-state index contributed by atoms with van der Waals surface area (Å²) >= 11 is 0. The summed E-state index contributed by atoms with van der Waals surface area (Å²) in [5.74, 6) is -0.987. The number of likely N-dealkylation sites (tertiary alicyclic amines) is 1. The topological polar surface area (TPSA) is 71.9 Å². The van der Waals surface area contributed by atoms with Crippen LogP contribution in [0.1, 0.15) is 43.5 Å². The molecule has 2 saturated heterocycles. The minimum Gasteiger partial charge on any atom is -0.378 e. The number of morpholine rings is 1. The molecule has 160 valence electrons. The minimum atomic E-state index is -0.529. The highest BCUT2D eigenvalue weighted by atomic mass is 16.5. The summed E-state index contributed by atoms with van der Waals surface area (Å²) in [6, 6.07) is 7.88. The van der Waals surface area contributed by atoms with Gasteiger partial charge in [-0.2, -0.15) is 0 Å². The Morgan fingerprint density at radius 2 is 1.70 bits per heavy atom. The molecule has 0 saturated carbocycles. The van der Waals surface area contributed by atoms with E-state index in [0.717, 1.165) is 24.8 Å². The van der Waals surface area contributed by atoms with Gasteiger partial charge in [-0.25, -0.2) is 0 Å². The summed E-state index contributed by atoms with van der Waals surface area (Å²) in [5, 5.41) is 0.705. The predicted octanol–water partition coefficient (Wildman–Crippen LogP) is 2.47. The third-order valence-corrected chi connectivity index (χ3v) is 6.31. The molecule has 1 aromatic carbocycles. The van der Waals surface area contributed by atoms with Crippen LogP contribution in [0.5, 0.6) is 0 Å². The number of amides is 2. The van der Waals surface area contributed by atoms with Gasteiger partial charge in [0.1, 0.15) is 6.54 Å². The number of rotatable bonds is 4. The fourth-order valence-electron chi connectivity index (χ4n) is 4.72. The Balaban J connectivity index is 1.61. The third kappa shape index (κ3) is 3.86. The number of ketones is 1. The predicted molar refractivity (Wildman–Crippen MR) is 113 cm³/mol. The molecular weight excluding hydrogens is 382 g/mol. The fourth-order valence-corrected chi connectivity index (χ4v) is 4.72. The molecule has 0 N–H and O–H groups in total. The molecule has 2 aliphatic heterocycles. The maximum Gasteiger partial charge on any atom is 0.295 e. The van der Waals surface area contributed by atoms with Crippen LogP contribution in [0.25, 0.3) is 10.9 Å². The number of benzene rings is 1. The highest BCUT2D eigenvalue weighted by molar-refractivity contribution is 6.44. The molecule has 2 fully saturated rings. The van der Waals surface area contributed by atoms with Crippen LogP contribution in [0.3, 0.4) is 0 Å². The maximum atomic E-state index is 13.1. The van der Waals surface area contributed by atoms with Crippen molar-refractivity contribution in [1.82, 2.24) is 14.4 Å². The van der Waals surface area contributed by atoms with E-state index < -0.39 is 11.7 Å². The van der Waals surface area contributed by atoms with Crippen LogP contribution < -0.4 is 0 Å². The second-order valence-corrected chi connectivity index (χ2v) is 8.35. The van der Waals surface area contributed by atoms with Crippen molar-refractivity contribution in [3.63, 3.8) is 0 Å². The smallest absolute Gasteiger partial charge is 0.295 e. The largest absolute Gasteiger partial charge is 0.378 e. The van der Waals surface area contributed by atoms with Gasteiger partial charge >= 0.3 is 0 Å². The Bertz CT molecular complexity index is 951.